The lowest BCUT2D eigenvalue weighted by atomic mass is 10.3. The fourth-order valence-corrected chi connectivity index (χ4v) is 1.39. The minimum Gasteiger partial charge on any atom is -0.404 e. The number of nitrogens with zero attached hydrogens (tertiary/aromatic N) is 2. The maximum Gasteiger partial charge on any atom is 0.433 e. The van der Waals surface area contributed by atoms with E-state index in [9.17, 15) is 10.1 Å². The zero-order chi connectivity index (χ0) is 12.1. The second-order valence-electron chi connectivity index (χ2n) is 3.46. The predicted molar refractivity (Wildman–Crippen MR) is 60.1 cm³/mol. The molecule has 2 rings (SSSR count). The Morgan fingerprint density at radius 2 is 2.00 bits per heavy atom. The molecular formula is C11H11N3O3. The van der Waals surface area contributed by atoms with Crippen LogP contribution in [-0.2, 0) is 13.1 Å². The van der Waals surface area contributed by atoms with Gasteiger partial charge in [0.2, 0.25) is 0 Å². The maximum atomic E-state index is 10.4. The van der Waals surface area contributed by atoms with Gasteiger partial charge in [-0.1, -0.05) is 0 Å². The Morgan fingerprint density at radius 1 is 1.24 bits per heavy atom. The molecule has 0 aromatic carbocycles. The highest BCUT2D eigenvalue weighted by atomic mass is 16.6. The van der Waals surface area contributed by atoms with Crippen LogP contribution < -0.4 is 5.32 Å². The van der Waals surface area contributed by atoms with Gasteiger partial charge in [0.05, 0.1) is 12.6 Å². The summed E-state index contributed by atoms with van der Waals surface area (Å²) in [4.78, 5) is 13.8. The van der Waals surface area contributed by atoms with Crippen LogP contribution in [0, 0.1) is 10.1 Å². The summed E-state index contributed by atoms with van der Waals surface area (Å²) in [7, 11) is 0. The van der Waals surface area contributed by atoms with Crippen LogP contribution >= 0.6 is 0 Å². The lowest BCUT2D eigenvalue weighted by Gasteiger charge is -2.01. The van der Waals surface area contributed by atoms with Gasteiger partial charge in [-0.3, -0.25) is 15.1 Å². The van der Waals surface area contributed by atoms with Crippen LogP contribution in [0.5, 0.6) is 0 Å². The summed E-state index contributed by atoms with van der Waals surface area (Å²) in [6.07, 6.45) is 3.43. The monoisotopic (exact) mass is 233 g/mol. The molecular weight excluding hydrogens is 222 g/mol. The number of hydrogen-bond donors (Lipinski definition) is 1. The Balaban J connectivity index is 1.84. The van der Waals surface area contributed by atoms with Crippen LogP contribution in [0.3, 0.4) is 0 Å². The van der Waals surface area contributed by atoms with Crippen LogP contribution in [0.2, 0.25) is 0 Å². The van der Waals surface area contributed by atoms with Crippen LogP contribution in [0.1, 0.15) is 11.3 Å². The fourth-order valence-electron chi connectivity index (χ4n) is 1.39. The van der Waals surface area contributed by atoms with Crippen molar-refractivity contribution in [2.24, 2.45) is 0 Å². The first-order valence-electron chi connectivity index (χ1n) is 5.08. The van der Waals surface area contributed by atoms with Crippen molar-refractivity contribution in [2.45, 2.75) is 13.1 Å². The zero-order valence-corrected chi connectivity index (χ0v) is 9.00. The van der Waals surface area contributed by atoms with E-state index in [0.29, 0.717) is 18.8 Å². The molecule has 0 atom stereocenters. The first-order valence-corrected chi connectivity index (χ1v) is 5.08. The fraction of sp³-hybridized carbons (Fsp3) is 0.182. The summed E-state index contributed by atoms with van der Waals surface area (Å²) < 4.78 is 5.01. The second kappa shape index (κ2) is 5.22. The normalized spacial score (nSPS) is 10.4. The molecule has 2 heterocycles. The number of hydrogen-bond acceptors (Lipinski definition) is 5. The third-order valence-electron chi connectivity index (χ3n) is 2.21. The van der Waals surface area contributed by atoms with E-state index in [2.05, 4.69) is 10.3 Å². The molecule has 0 fully saturated rings. The Labute approximate surface area is 97.4 Å². The molecule has 0 saturated carbocycles. The first kappa shape index (κ1) is 11.3. The van der Waals surface area contributed by atoms with Crippen LogP contribution in [0.15, 0.2) is 41.1 Å². The summed E-state index contributed by atoms with van der Waals surface area (Å²) in [5.41, 5.74) is 1.10. The van der Waals surface area contributed by atoms with E-state index in [4.69, 9.17) is 4.42 Å². The summed E-state index contributed by atoms with van der Waals surface area (Å²) in [5.74, 6) is 0.316. The van der Waals surface area contributed by atoms with Crippen molar-refractivity contribution in [3.63, 3.8) is 0 Å². The molecule has 0 unspecified atom stereocenters. The molecule has 0 amide bonds. The maximum absolute atomic E-state index is 10.4. The molecule has 0 aliphatic carbocycles. The van der Waals surface area contributed by atoms with Gasteiger partial charge >= 0.3 is 5.88 Å². The molecule has 6 heteroatoms. The topological polar surface area (TPSA) is 81.2 Å². The van der Waals surface area contributed by atoms with Crippen molar-refractivity contribution >= 4 is 5.88 Å². The van der Waals surface area contributed by atoms with Gasteiger partial charge in [0.25, 0.3) is 0 Å². The van der Waals surface area contributed by atoms with Gasteiger partial charge in [-0.25, -0.2) is 0 Å². The summed E-state index contributed by atoms with van der Waals surface area (Å²) in [6, 6.07) is 6.75. The van der Waals surface area contributed by atoms with E-state index in [1.165, 1.54) is 6.07 Å². The molecule has 0 bridgehead atoms. The molecule has 1 N–H and O–H groups in total. The average Bonchev–Trinajstić information content (AvgIpc) is 2.79. The van der Waals surface area contributed by atoms with E-state index in [0.717, 1.165) is 5.56 Å². The van der Waals surface area contributed by atoms with Gasteiger partial charge in [0, 0.05) is 18.9 Å². The van der Waals surface area contributed by atoms with Gasteiger partial charge < -0.3 is 9.73 Å². The smallest absolute Gasteiger partial charge is 0.404 e. The number of furan rings is 1. The van der Waals surface area contributed by atoms with Crippen molar-refractivity contribution in [1.82, 2.24) is 10.3 Å². The minimum atomic E-state index is -0.549. The molecule has 0 spiro atoms. The highest BCUT2D eigenvalue weighted by Crippen LogP contribution is 2.15. The van der Waals surface area contributed by atoms with E-state index in [-0.39, 0.29) is 5.88 Å². The molecule has 0 aliphatic rings. The molecule has 2 aromatic heterocycles. The lowest BCUT2D eigenvalue weighted by Crippen LogP contribution is -2.11. The highest BCUT2D eigenvalue weighted by molar-refractivity contribution is 5.17. The largest absolute Gasteiger partial charge is 0.433 e. The van der Waals surface area contributed by atoms with E-state index in [1.807, 2.05) is 12.1 Å². The second-order valence-corrected chi connectivity index (χ2v) is 3.46. The molecule has 0 radical (unpaired) electrons. The van der Waals surface area contributed by atoms with Gasteiger partial charge in [-0.05, 0) is 23.8 Å². The minimum absolute atomic E-state index is 0.231. The lowest BCUT2D eigenvalue weighted by molar-refractivity contribution is -0.402. The first-order chi connectivity index (χ1) is 8.25. The van der Waals surface area contributed by atoms with Crippen molar-refractivity contribution in [2.75, 3.05) is 0 Å². The van der Waals surface area contributed by atoms with Gasteiger partial charge in [-0.2, -0.15) is 0 Å². The Morgan fingerprint density at radius 3 is 2.65 bits per heavy atom. The number of nitrogens with one attached hydrogen (secondary N) is 1. The quantitative estimate of drug-likeness (QED) is 0.629. The number of aromatic nitrogens is 1. The Kier molecular flexibility index (Phi) is 3.46. The number of rotatable bonds is 5. The van der Waals surface area contributed by atoms with Gasteiger partial charge in [0.1, 0.15) is 10.7 Å². The van der Waals surface area contributed by atoms with Crippen molar-refractivity contribution < 1.29 is 9.34 Å². The van der Waals surface area contributed by atoms with E-state index in [1.54, 1.807) is 18.5 Å². The average molecular weight is 233 g/mol. The predicted octanol–water partition coefficient (Wildman–Crippen LogP) is 1.87. The van der Waals surface area contributed by atoms with Gasteiger partial charge in [0.15, 0.2) is 0 Å². The molecule has 0 saturated heterocycles. The van der Waals surface area contributed by atoms with Gasteiger partial charge in [-0.15, -0.1) is 0 Å². The Hall–Kier alpha value is -2.21. The van der Waals surface area contributed by atoms with Crippen LogP contribution in [0.4, 0.5) is 5.88 Å². The standard InChI is InChI=1S/C11H11N3O3/c15-14(16)11-2-1-10(17-11)8-13-7-9-3-5-12-6-4-9/h1-6,13H,7-8H2. The third-order valence-corrected chi connectivity index (χ3v) is 2.21. The summed E-state index contributed by atoms with van der Waals surface area (Å²) in [5, 5.41) is 13.5. The van der Waals surface area contributed by atoms with Crippen molar-refractivity contribution in [3.05, 3.63) is 58.1 Å². The zero-order valence-electron chi connectivity index (χ0n) is 9.00. The number of pyridine rings is 1. The summed E-state index contributed by atoms with van der Waals surface area (Å²) in [6.45, 7) is 1.12. The molecule has 2 aromatic rings. The highest BCUT2D eigenvalue weighted by Gasteiger charge is 2.10. The summed E-state index contributed by atoms with van der Waals surface area (Å²) >= 11 is 0. The molecule has 0 aliphatic heterocycles. The number of nitro groups is 1. The van der Waals surface area contributed by atoms with E-state index >= 15 is 0 Å². The molecule has 6 nitrogen and oxygen atoms in total. The Bertz CT molecular complexity index is 496. The van der Waals surface area contributed by atoms with Crippen molar-refractivity contribution in [3.8, 4) is 0 Å². The molecule has 17 heavy (non-hydrogen) atoms. The van der Waals surface area contributed by atoms with Crippen molar-refractivity contribution in [1.29, 1.82) is 0 Å². The van der Waals surface area contributed by atoms with Crippen LogP contribution in [0.25, 0.3) is 0 Å². The third kappa shape index (κ3) is 3.12. The van der Waals surface area contributed by atoms with E-state index < -0.39 is 4.92 Å². The van der Waals surface area contributed by atoms with Crippen LogP contribution in [-0.4, -0.2) is 9.91 Å². The molecule has 88 valence electrons. The SMILES string of the molecule is O=[N+]([O-])c1ccc(CNCc2ccncc2)o1.